The van der Waals surface area contributed by atoms with Gasteiger partial charge >= 0.3 is 5.97 Å². The van der Waals surface area contributed by atoms with Crippen molar-refractivity contribution in [3.8, 4) is 0 Å². The summed E-state index contributed by atoms with van der Waals surface area (Å²) < 4.78 is 22.9. The third kappa shape index (κ3) is 3.67. The minimum Gasteiger partial charge on any atom is -0.481 e. The van der Waals surface area contributed by atoms with E-state index in [9.17, 15) is 18.0 Å². The SMILES string of the molecule is CC(C(N)=O)N1CCS(=O)(=O)CC1CC(=O)O. The molecule has 0 spiro atoms. The van der Waals surface area contributed by atoms with Crippen LogP contribution in [0.1, 0.15) is 13.3 Å². The van der Waals surface area contributed by atoms with E-state index < -0.39 is 33.8 Å². The van der Waals surface area contributed by atoms with Crippen molar-refractivity contribution < 1.29 is 23.1 Å². The lowest BCUT2D eigenvalue weighted by Gasteiger charge is -2.37. The number of primary amides is 1. The van der Waals surface area contributed by atoms with Crippen molar-refractivity contribution in [3.63, 3.8) is 0 Å². The number of carboxylic acid groups (broad SMARTS) is 1. The minimum absolute atomic E-state index is 0.0687. The van der Waals surface area contributed by atoms with Crippen molar-refractivity contribution >= 4 is 21.7 Å². The molecule has 1 heterocycles. The first-order chi connectivity index (χ1) is 7.73. The third-order valence-electron chi connectivity index (χ3n) is 2.90. The van der Waals surface area contributed by atoms with E-state index >= 15 is 0 Å². The van der Waals surface area contributed by atoms with E-state index in [0.29, 0.717) is 0 Å². The Bertz CT molecular complexity index is 419. The van der Waals surface area contributed by atoms with Crippen LogP contribution in [0.4, 0.5) is 0 Å². The Labute approximate surface area is 99.5 Å². The summed E-state index contributed by atoms with van der Waals surface area (Å²) in [6.07, 6.45) is -0.309. The standard InChI is InChI=1S/C9H16N2O5S/c1-6(9(10)14)11-2-3-17(15,16)5-7(11)4-8(12)13/h6-7H,2-5H2,1H3,(H2,10,14)(H,12,13). The predicted octanol–water partition coefficient (Wildman–Crippen LogP) is -1.57. The number of carbonyl (C=O) groups excluding carboxylic acids is 1. The largest absolute Gasteiger partial charge is 0.481 e. The summed E-state index contributed by atoms with van der Waals surface area (Å²) >= 11 is 0. The van der Waals surface area contributed by atoms with E-state index in [2.05, 4.69) is 0 Å². The molecule has 0 radical (unpaired) electrons. The number of hydrogen-bond donors (Lipinski definition) is 2. The summed E-state index contributed by atoms with van der Waals surface area (Å²) in [4.78, 5) is 23.3. The van der Waals surface area contributed by atoms with Crippen LogP contribution >= 0.6 is 0 Å². The molecule has 98 valence electrons. The molecular formula is C9H16N2O5S. The third-order valence-corrected chi connectivity index (χ3v) is 4.59. The second-order valence-corrected chi connectivity index (χ2v) is 6.41. The van der Waals surface area contributed by atoms with Crippen LogP contribution in [-0.2, 0) is 19.4 Å². The number of nitrogens with zero attached hydrogens (tertiary/aromatic N) is 1. The summed E-state index contributed by atoms with van der Waals surface area (Å²) in [5.41, 5.74) is 5.15. The molecule has 7 nitrogen and oxygen atoms in total. The van der Waals surface area contributed by atoms with Gasteiger partial charge in [0.2, 0.25) is 5.91 Å². The van der Waals surface area contributed by atoms with Gasteiger partial charge in [-0.3, -0.25) is 14.5 Å². The fraction of sp³-hybridized carbons (Fsp3) is 0.778. The summed E-state index contributed by atoms with van der Waals surface area (Å²) in [6, 6.07) is -1.34. The van der Waals surface area contributed by atoms with Gasteiger partial charge in [0.1, 0.15) is 0 Å². The van der Waals surface area contributed by atoms with Gasteiger partial charge in [0.05, 0.1) is 24.0 Å². The van der Waals surface area contributed by atoms with Crippen molar-refractivity contribution in [2.75, 3.05) is 18.1 Å². The molecule has 0 saturated carbocycles. The van der Waals surface area contributed by atoms with Crippen LogP contribution in [0.15, 0.2) is 0 Å². The van der Waals surface area contributed by atoms with E-state index in [1.807, 2.05) is 0 Å². The normalized spacial score (nSPS) is 26.3. The van der Waals surface area contributed by atoms with Crippen LogP contribution in [0.5, 0.6) is 0 Å². The van der Waals surface area contributed by atoms with Gasteiger partial charge in [-0.25, -0.2) is 8.42 Å². The van der Waals surface area contributed by atoms with Crippen LogP contribution in [0.25, 0.3) is 0 Å². The van der Waals surface area contributed by atoms with Gasteiger partial charge < -0.3 is 10.8 Å². The highest BCUT2D eigenvalue weighted by atomic mass is 32.2. The topological polar surface area (TPSA) is 118 Å². The molecule has 0 aliphatic carbocycles. The second-order valence-electron chi connectivity index (χ2n) is 4.18. The van der Waals surface area contributed by atoms with Gasteiger partial charge in [0.25, 0.3) is 0 Å². The Kier molecular flexibility index (Phi) is 4.10. The fourth-order valence-corrected chi connectivity index (χ4v) is 3.50. The van der Waals surface area contributed by atoms with Crippen LogP contribution < -0.4 is 5.73 Å². The summed E-state index contributed by atoms with van der Waals surface area (Å²) in [7, 11) is -3.23. The molecule has 2 atom stereocenters. The first kappa shape index (κ1) is 13.9. The molecular weight excluding hydrogens is 248 g/mol. The smallest absolute Gasteiger partial charge is 0.304 e. The first-order valence-electron chi connectivity index (χ1n) is 5.20. The zero-order chi connectivity index (χ0) is 13.2. The summed E-state index contributed by atoms with van der Waals surface area (Å²) in [6.45, 7) is 1.69. The number of hydrogen-bond acceptors (Lipinski definition) is 5. The monoisotopic (exact) mass is 264 g/mol. The highest BCUT2D eigenvalue weighted by Gasteiger charge is 2.36. The van der Waals surface area contributed by atoms with Crippen molar-refractivity contribution in [1.82, 2.24) is 4.90 Å². The quantitative estimate of drug-likeness (QED) is 0.633. The molecule has 0 aromatic heterocycles. The maximum atomic E-state index is 11.4. The molecule has 8 heteroatoms. The van der Waals surface area contributed by atoms with Gasteiger partial charge in [-0.05, 0) is 6.92 Å². The maximum absolute atomic E-state index is 11.4. The van der Waals surface area contributed by atoms with Crippen LogP contribution in [0, 0.1) is 0 Å². The van der Waals surface area contributed by atoms with Crippen molar-refractivity contribution in [1.29, 1.82) is 0 Å². The molecule has 1 amide bonds. The Balaban J connectivity index is 2.87. The summed E-state index contributed by atoms with van der Waals surface area (Å²) in [5, 5.41) is 8.74. The molecule has 1 aliphatic rings. The van der Waals surface area contributed by atoms with Crippen molar-refractivity contribution in [2.45, 2.75) is 25.4 Å². The second kappa shape index (κ2) is 5.01. The number of sulfone groups is 1. The van der Waals surface area contributed by atoms with Crippen LogP contribution in [-0.4, -0.2) is 60.4 Å². The average molecular weight is 264 g/mol. The molecule has 0 aromatic carbocycles. The zero-order valence-corrected chi connectivity index (χ0v) is 10.3. The van der Waals surface area contributed by atoms with E-state index in [-0.39, 0.29) is 24.5 Å². The predicted molar refractivity (Wildman–Crippen MR) is 60.1 cm³/mol. The molecule has 0 aromatic rings. The lowest BCUT2D eigenvalue weighted by molar-refractivity contribution is -0.139. The number of nitrogens with two attached hydrogens (primary N) is 1. The highest BCUT2D eigenvalue weighted by Crippen LogP contribution is 2.17. The van der Waals surface area contributed by atoms with E-state index in [0.717, 1.165) is 0 Å². The van der Waals surface area contributed by atoms with Gasteiger partial charge in [-0.1, -0.05) is 0 Å². The molecule has 3 N–H and O–H groups in total. The van der Waals surface area contributed by atoms with Gasteiger partial charge in [0.15, 0.2) is 9.84 Å². The fourth-order valence-electron chi connectivity index (χ4n) is 1.95. The maximum Gasteiger partial charge on any atom is 0.304 e. The van der Waals surface area contributed by atoms with Crippen LogP contribution in [0.2, 0.25) is 0 Å². The lowest BCUT2D eigenvalue weighted by atomic mass is 10.1. The highest BCUT2D eigenvalue weighted by molar-refractivity contribution is 7.91. The molecule has 0 bridgehead atoms. The molecule has 1 rings (SSSR count). The number of rotatable bonds is 4. The Hall–Kier alpha value is -1.15. The molecule has 17 heavy (non-hydrogen) atoms. The Morgan fingerprint density at radius 1 is 1.53 bits per heavy atom. The van der Waals surface area contributed by atoms with Crippen molar-refractivity contribution in [2.24, 2.45) is 5.73 Å². The van der Waals surface area contributed by atoms with Crippen LogP contribution in [0.3, 0.4) is 0 Å². The number of carboxylic acids is 1. The lowest BCUT2D eigenvalue weighted by Crippen LogP contribution is -2.56. The van der Waals surface area contributed by atoms with Gasteiger partial charge in [-0.2, -0.15) is 0 Å². The minimum atomic E-state index is -3.23. The molecule has 1 fully saturated rings. The average Bonchev–Trinajstić information content (AvgIpc) is 2.14. The first-order valence-corrected chi connectivity index (χ1v) is 7.02. The molecule has 1 saturated heterocycles. The number of amides is 1. The molecule has 2 unspecified atom stereocenters. The Morgan fingerprint density at radius 2 is 2.12 bits per heavy atom. The Morgan fingerprint density at radius 3 is 2.59 bits per heavy atom. The number of aliphatic carboxylic acids is 1. The van der Waals surface area contributed by atoms with E-state index in [1.54, 1.807) is 11.8 Å². The van der Waals surface area contributed by atoms with Crippen molar-refractivity contribution in [3.05, 3.63) is 0 Å². The number of carbonyl (C=O) groups is 2. The molecule has 1 aliphatic heterocycles. The van der Waals surface area contributed by atoms with E-state index in [1.165, 1.54) is 0 Å². The van der Waals surface area contributed by atoms with Gasteiger partial charge in [-0.15, -0.1) is 0 Å². The summed E-state index contributed by atoms with van der Waals surface area (Å²) in [5.74, 6) is -1.98. The van der Waals surface area contributed by atoms with E-state index in [4.69, 9.17) is 10.8 Å². The van der Waals surface area contributed by atoms with Gasteiger partial charge in [0, 0.05) is 12.6 Å². The zero-order valence-electron chi connectivity index (χ0n) is 9.50.